The molecule has 0 heterocycles. The van der Waals surface area contributed by atoms with Crippen LogP contribution in [-0.4, -0.2) is 57.4 Å². The number of hydrogen-bond acceptors (Lipinski definition) is 3. The van der Waals surface area contributed by atoms with E-state index in [9.17, 15) is 4.79 Å². The van der Waals surface area contributed by atoms with Gasteiger partial charge in [-0.2, -0.15) is 5.90 Å². The van der Waals surface area contributed by atoms with E-state index in [-0.39, 0.29) is 51.4 Å². The van der Waals surface area contributed by atoms with Crippen molar-refractivity contribution in [3.05, 3.63) is 0 Å². The first-order chi connectivity index (χ1) is 2.27. The van der Waals surface area contributed by atoms with Gasteiger partial charge in [0.1, 0.15) is 0 Å². The average Bonchev–Trinajstić information content (AvgIpc) is 1.38. The van der Waals surface area contributed by atoms with E-state index >= 15 is 0 Å². The number of nitrogens with two attached hydrogens (primary N) is 1. The van der Waals surface area contributed by atoms with Crippen molar-refractivity contribution in [3.8, 4) is 0 Å². The summed E-state index contributed by atoms with van der Waals surface area (Å²) in [6.45, 7) is 1.24. The maximum absolute atomic E-state index is 9.47. The Balaban J connectivity index is 0. The van der Waals surface area contributed by atoms with Crippen molar-refractivity contribution in [2.24, 2.45) is 5.90 Å². The molecular formula is C2H6KNO2. The molecule has 0 spiro atoms. The van der Waals surface area contributed by atoms with E-state index in [1.807, 2.05) is 0 Å². The predicted molar refractivity (Wildman–Crippen MR) is 23.1 cm³/mol. The molecule has 0 aliphatic carbocycles. The Hall–Kier alpha value is 1.07. The second kappa shape index (κ2) is 6.07. The molecule has 0 aromatic rings. The quantitative estimate of drug-likeness (QED) is 0.318. The normalized spacial score (nSPS) is 5.67. The minimum atomic E-state index is -0.468. The van der Waals surface area contributed by atoms with Crippen molar-refractivity contribution >= 4 is 57.4 Å². The summed E-state index contributed by atoms with van der Waals surface area (Å²) < 4.78 is 0. The fraction of sp³-hybridized carbons (Fsp3) is 0.500. The molecule has 0 rings (SSSR count). The second-order valence-corrected chi connectivity index (χ2v) is 0.609. The van der Waals surface area contributed by atoms with Crippen molar-refractivity contribution in [3.63, 3.8) is 0 Å². The molecule has 6 heavy (non-hydrogen) atoms. The molecule has 0 radical (unpaired) electrons. The number of hydrogen-bond donors (Lipinski definition) is 1. The third kappa shape index (κ3) is 8.91. The summed E-state index contributed by atoms with van der Waals surface area (Å²) in [7, 11) is 0. The molecule has 0 atom stereocenters. The fourth-order valence-corrected chi connectivity index (χ4v) is 0. The van der Waals surface area contributed by atoms with Gasteiger partial charge in [-0.25, -0.2) is 0 Å². The van der Waals surface area contributed by atoms with Crippen LogP contribution in [0.25, 0.3) is 0 Å². The van der Waals surface area contributed by atoms with Gasteiger partial charge in [0, 0.05) is 6.92 Å². The molecule has 0 aromatic carbocycles. The molecule has 32 valence electrons. The zero-order chi connectivity index (χ0) is 4.28. The SMILES string of the molecule is CC(=O)ON.[KH]. The van der Waals surface area contributed by atoms with Gasteiger partial charge in [0.25, 0.3) is 0 Å². The molecular weight excluding hydrogens is 109 g/mol. The third-order valence-corrected chi connectivity index (χ3v) is 0.166. The molecule has 4 heteroatoms. The molecule has 0 unspecified atom stereocenters. The van der Waals surface area contributed by atoms with Gasteiger partial charge in [-0.3, -0.25) is 4.79 Å². The van der Waals surface area contributed by atoms with E-state index in [0.29, 0.717) is 0 Å². The summed E-state index contributed by atoms with van der Waals surface area (Å²) in [6.07, 6.45) is 0. The van der Waals surface area contributed by atoms with Crippen LogP contribution in [0.2, 0.25) is 0 Å². The minimum absolute atomic E-state index is 0. The van der Waals surface area contributed by atoms with Crippen molar-refractivity contribution in [2.45, 2.75) is 6.92 Å². The van der Waals surface area contributed by atoms with Crippen LogP contribution >= 0.6 is 0 Å². The zero-order valence-corrected chi connectivity index (χ0v) is 2.89. The summed E-state index contributed by atoms with van der Waals surface area (Å²) in [5.41, 5.74) is 0. The van der Waals surface area contributed by atoms with Crippen LogP contribution in [0.4, 0.5) is 0 Å². The van der Waals surface area contributed by atoms with E-state index in [1.54, 1.807) is 0 Å². The molecule has 0 amide bonds. The molecule has 0 fully saturated rings. The van der Waals surface area contributed by atoms with Gasteiger partial charge < -0.3 is 4.84 Å². The van der Waals surface area contributed by atoms with Crippen LogP contribution in [0.1, 0.15) is 6.92 Å². The molecule has 0 aromatic heterocycles. The zero-order valence-electron chi connectivity index (χ0n) is 2.89. The van der Waals surface area contributed by atoms with Crippen molar-refractivity contribution < 1.29 is 9.63 Å². The molecule has 0 aliphatic heterocycles. The maximum atomic E-state index is 9.47. The summed E-state index contributed by atoms with van der Waals surface area (Å²) >= 11 is 0. The Bertz CT molecular complexity index is 46.8. The van der Waals surface area contributed by atoms with Crippen LogP contribution in [-0.2, 0) is 9.63 Å². The Morgan fingerprint density at radius 1 is 1.83 bits per heavy atom. The first-order valence-electron chi connectivity index (χ1n) is 1.14. The number of carbonyl (C=O) groups excluding carboxylic acids is 1. The Morgan fingerprint density at radius 3 is 2.00 bits per heavy atom. The molecule has 0 aliphatic rings. The van der Waals surface area contributed by atoms with Gasteiger partial charge in [0.15, 0.2) is 0 Å². The molecule has 0 saturated heterocycles. The predicted octanol–water partition coefficient (Wildman–Crippen LogP) is -1.23. The van der Waals surface area contributed by atoms with E-state index in [0.717, 1.165) is 0 Å². The Labute approximate surface area is 78.6 Å². The fourth-order valence-electron chi connectivity index (χ4n) is 0. The van der Waals surface area contributed by atoms with Crippen molar-refractivity contribution in [2.75, 3.05) is 0 Å². The molecule has 0 saturated carbocycles. The van der Waals surface area contributed by atoms with Crippen molar-refractivity contribution in [1.29, 1.82) is 0 Å². The van der Waals surface area contributed by atoms with Gasteiger partial charge >= 0.3 is 57.4 Å². The summed E-state index contributed by atoms with van der Waals surface area (Å²) in [6, 6.07) is 0. The topological polar surface area (TPSA) is 52.3 Å². The van der Waals surface area contributed by atoms with Gasteiger partial charge in [0.2, 0.25) is 0 Å². The molecule has 2 N–H and O–H groups in total. The first-order valence-corrected chi connectivity index (χ1v) is 1.14. The third-order valence-electron chi connectivity index (χ3n) is 0.166. The van der Waals surface area contributed by atoms with Crippen LogP contribution in [0.5, 0.6) is 0 Å². The second-order valence-electron chi connectivity index (χ2n) is 0.609. The molecule has 0 bridgehead atoms. The van der Waals surface area contributed by atoms with E-state index in [1.165, 1.54) is 6.92 Å². The van der Waals surface area contributed by atoms with Gasteiger partial charge in [0.05, 0.1) is 0 Å². The summed E-state index contributed by atoms with van der Waals surface area (Å²) in [5, 5.41) is 0. The summed E-state index contributed by atoms with van der Waals surface area (Å²) in [4.78, 5) is 13.1. The van der Waals surface area contributed by atoms with E-state index < -0.39 is 5.97 Å². The van der Waals surface area contributed by atoms with Crippen LogP contribution < -0.4 is 5.90 Å². The van der Waals surface area contributed by atoms with E-state index in [2.05, 4.69) is 10.7 Å². The Morgan fingerprint density at radius 2 is 2.00 bits per heavy atom. The van der Waals surface area contributed by atoms with E-state index in [4.69, 9.17) is 0 Å². The van der Waals surface area contributed by atoms with Crippen molar-refractivity contribution in [1.82, 2.24) is 0 Å². The number of rotatable bonds is 0. The first kappa shape index (κ1) is 10.1. The average molecular weight is 115 g/mol. The monoisotopic (exact) mass is 115 g/mol. The number of carbonyl (C=O) groups is 1. The van der Waals surface area contributed by atoms with Gasteiger partial charge in [-0.15, -0.1) is 0 Å². The van der Waals surface area contributed by atoms with Gasteiger partial charge in [-0.1, -0.05) is 0 Å². The Kier molecular flexibility index (Phi) is 10.2. The summed E-state index contributed by atoms with van der Waals surface area (Å²) in [5.74, 6) is 3.85. The molecule has 3 nitrogen and oxygen atoms in total. The van der Waals surface area contributed by atoms with Gasteiger partial charge in [-0.05, 0) is 0 Å². The van der Waals surface area contributed by atoms with Crippen LogP contribution in [0.3, 0.4) is 0 Å². The van der Waals surface area contributed by atoms with Crippen LogP contribution in [0.15, 0.2) is 0 Å². The standard InChI is InChI=1S/C2H5NO2.K.H/c1-2(4)5-3;;/h3H2,1H3;;. The van der Waals surface area contributed by atoms with Crippen LogP contribution in [0, 0.1) is 0 Å².